The SMILES string of the molecule is CCn1nccc1S(=O)(=O)N1CC=CCC1C(=O)O. The van der Waals surface area contributed by atoms with Crippen molar-refractivity contribution in [3.05, 3.63) is 24.4 Å². The molecule has 8 heteroatoms. The second kappa shape index (κ2) is 5.14. The molecule has 19 heavy (non-hydrogen) atoms. The van der Waals surface area contributed by atoms with Crippen LogP contribution < -0.4 is 0 Å². The van der Waals surface area contributed by atoms with Gasteiger partial charge in [0.15, 0.2) is 5.03 Å². The van der Waals surface area contributed by atoms with E-state index in [-0.39, 0.29) is 18.0 Å². The summed E-state index contributed by atoms with van der Waals surface area (Å²) < 4.78 is 27.4. The predicted octanol–water partition coefficient (Wildman–Crippen LogP) is 0.307. The maximum atomic E-state index is 12.5. The summed E-state index contributed by atoms with van der Waals surface area (Å²) in [5, 5.41) is 13.1. The van der Waals surface area contributed by atoms with E-state index in [2.05, 4.69) is 5.10 Å². The van der Waals surface area contributed by atoms with Crippen LogP contribution in [0.25, 0.3) is 0 Å². The van der Waals surface area contributed by atoms with E-state index in [1.54, 1.807) is 19.1 Å². The molecular weight excluding hydrogens is 270 g/mol. The monoisotopic (exact) mass is 285 g/mol. The Morgan fingerprint density at radius 3 is 2.89 bits per heavy atom. The first-order valence-corrected chi connectivity index (χ1v) is 7.34. The minimum Gasteiger partial charge on any atom is -0.480 e. The summed E-state index contributed by atoms with van der Waals surface area (Å²) in [6.45, 7) is 2.24. The third-order valence-corrected chi connectivity index (χ3v) is 4.89. The molecule has 2 rings (SSSR count). The van der Waals surface area contributed by atoms with Gasteiger partial charge in [0, 0.05) is 13.1 Å². The van der Waals surface area contributed by atoms with Crippen LogP contribution in [0.15, 0.2) is 29.4 Å². The summed E-state index contributed by atoms with van der Waals surface area (Å²) in [4.78, 5) is 11.2. The summed E-state index contributed by atoms with van der Waals surface area (Å²) in [7, 11) is -3.85. The van der Waals surface area contributed by atoms with Crippen LogP contribution in [0.4, 0.5) is 0 Å². The minimum absolute atomic E-state index is 0.0246. The van der Waals surface area contributed by atoms with Gasteiger partial charge in [0.25, 0.3) is 10.0 Å². The Kier molecular flexibility index (Phi) is 3.72. The lowest BCUT2D eigenvalue weighted by Crippen LogP contribution is -2.46. The van der Waals surface area contributed by atoms with E-state index in [0.29, 0.717) is 6.54 Å². The van der Waals surface area contributed by atoms with Gasteiger partial charge in [0.05, 0.1) is 6.20 Å². The van der Waals surface area contributed by atoms with Crippen LogP contribution in [-0.4, -0.2) is 46.2 Å². The van der Waals surface area contributed by atoms with Gasteiger partial charge in [-0.2, -0.15) is 9.40 Å². The number of aromatic nitrogens is 2. The molecule has 104 valence electrons. The zero-order valence-electron chi connectivity index (χ0n) is 10.4. The summed E-state index contributed by atoms with van der Waals surface area (Å²) in [5.41, 5.74) is 0. The zero-order valence-corrected chi connectivity index (χ0v) is 11.2. The first-order valence-electron chi connectivity index (χ1n) is 5.90. The van der Waals surface area contributed by atoms with Gasteiger partial charge in [0.1, 0.15) is 6.04 Å². The fraction of sp³-hybridized carbons (Fsp3) is 0.455. The molecule has 0 fully saturated rings. The summed E-state index contributed by atoms with van der Waals surface area (Å²) in [6, 6.07) is 0.325. The van der Waals surface area contributed by atoms with Crippen molar-refractivity contribution in [2.75, 3.05) is 6.54 Å². The Morgan fingerprint density at radius 2 is 2.26 bits per heavy atom. The maximum absolute atomic E-state index is 12.5. The number of carbonyl (C=O) groups is 1. The Bertz CT molecular complexity index is 605. The molecule has 1 N–H and O–H groups in total. The van der Waals surface area contributed by atoms with Crippen molar-refractivity contribution in [1.29, 1.82) is 0 Å². The van der Waals surface area contributed by atoms with Gasteiger partial charge in [-0.05, 0) is 19.4 Å². The van der Waals surface area contributed by atoms with Gasteiger partial charge in [-0.3, -0.25) is 9.48 Å². The Hall–Kier alpha value is -1.67. The Balaban J connectivity index is 2.44. The largest absolute Gasteiger partial charge is 0.480 e. The highest BCUT2D eigenvalue weighted by molar-refractivity contribution is 7.89. The maximum Gasteiger partial charge on any atom is 0.322 e. The second-order valence-corrected chi connectivity index (χ2v) is 5.96. The molecule has 7 nitrogen and oxygen atoms in total. The molecule has 0 spiro atoms. The van der Waals surface area contributed by atoms with Crippen molar-refractivity contribution in [3.8, 4) is 0 Å². The van der Waals surface area contributed by atoms with E-state index in [0.717, 1.165) is 4.31 Å². The highest BCUT2D eigenvalue weighted by Crippen LogP contribution is 2.22. The van der Waals surface area contributed by atoms with E-state index in [1.807, 2.05) is 0 Å². The molecule has 1 aromatic heterocycles. The number of aliphatic carboxylic acids is 1. The third kappa shape index (κ3) is 2.41. The van der Waals surface area contributed by atoms with Crippen molar-refractivity contribution in [2.45, 2.75) is 31.0 Å². The summed E-state index contributed by atoms with van der Waals surface area (Å²) in [5.74, 6) is -1.14. The molecule has 0 aliphatic carbocycles. The lowest BCUT2D eigenvalue weighted by molar-refractivity contribution is -0.141. The van der Waals surface area contributed by atoms with Crippen molar-refractivity contribution >= 4 is 16.0 Å². The van der Waals surface area contributed by atoms with Crippen molar-refractivity contribution in [1.82, 2.24) is 14.1 Å². The molecule has 0 saturated heterocycles. The number of rotatable bonds is 4. The van der Waals surface area contributed by atoms with Crippen molar-refractivity contribution in [2.24, 2.45) is 0 Å². The van der Waals surface area contributed by atoms with Gasteiger partial charge < -0.3 is 5.11 Å². The average molecular weight is 285 g/mol. The molecule has 1 aliphatic heterocycles. The van der Waals surface area contributed by atoms with Gasteiger partial charge in [-0.15, -0.1) is 0 Å². The van der Waals surface area contributed by atoms with Crippen molar-refractivity contribution in [3.63, 3.8) is 0 Å². The molecule has 0 bridgehead atoms. The van der Waals surface area contributed by atoms with Crippen LogP contribution in [0.2, 0.25) is 0 Å². The van der Waals surface area contributed by atoms with Gasteiger partial charge in [0.2, 0.25) is 0 Å². The minimum atomic E-state index is -3.85. The fourth-order valence-electron chi connectivity index (χ4n) is 2.04. The number of aryl methyl sites for hydroxylation is 1. The topological polar surface area (TPSA) is 92.5 Å². The number of carboxylic acids is 1. The van der Waals surface area contributed by atoms with Crippen LogP contribution >= 0.6 is 0 Å². The number of hydrogen-bond donors (Lipinski definition) is 1. The predicted molar refractivity (Wildman–Crippen MR) is 67.0 cm³/mol. The van der Waals surface area contributed by atoms with E-state index < -0.39 is 22.0 Å². The van der Waals surface area contributed by atoms with Gasteiger partial charge >= 0.3 is 5.97 Å². The number of nitrogens with zero attached hydrogens (tertiary/aromatic N) is 3. The van der Waals surface area contributed by atoms with Gasteiger partial charge in [-0.25, -0.2) is 8.42 Å². The average Bonchev–Trinajstić information content (AvgIpc) is 2.87. The normalized spacial score (nSPS) is 20.6. The first-order chi connectivity index (χ1) is 8.98. The lowest BCUT2D eigenvalue weighted by atomic mass is 10.1. The molecule has 0 amide bonds. The molecule has 0 aromatic carbocycles. The highest BCUT2D eigenvalue weighted by atomic mass is 32.2. The number of sulfonamides is 1. The van der Waals surface area contributed by atoms with Crippen LogP contribution in [0, 0.1) is 0 Å². The van der Waals surface area contributed by atoms with Crippen LogP contribution in [-0.2, 0) is 21.4 Å². The molecule has 0 radical (unpaired) electrons. The van der Waals surface area contributed by atoms with E-state index in [4.69, 9.17) is 5.11 Å². The quantitative estimate of drug-likeness (QED) is 0.804. The molecule has 0 saturated carbocycles. The molecule has 1 unspecified atom stereocenters. The second-order valence-electron chi connectivity index (χ2n) is 4.12. The Morgan fingerprint density at radius 1 is 1.53 bits per heavy atom. The first kappa shape index (κ1) is 13.8. The highest BCUT2D eigenvalue weighted by Gasteiger charge is 2.37. The van der Waals surface area contributed by atoms with E-state index >= 15 is 0 Å². The third-order valence-electron chi connectivity index (χ3n) is 2.99. The summed E-state index contributed by atoms with van der Waals surface area (Å²) in [6.07, 6.45) is 4.91. The van der Waals surface area contributed by atoms with Crippen LogP contribution in [0.5, 0.6) is 0 Å². The number of hydrogen-bond acceptors (Lipinski definition) is 4. The molecular formula is C11H15N3O4S. The molecule has 2 heterocycles. The molecule has 1 atom stereocenters. The summed E-state index contributed by atoms with van der Waals surface area (Å²) >= 11 is 0. The zero-order chi connectivity index (χ0) is 14.0. The van der Waals surface area contributed by atoms with E-state index in [9.17, 15) is 13.2 Å². The number of carboxylic acid groups (broad SMARTS) is 1. The standard InChI is InChI=1S/C11H15N3O4S/c1-2-13-10(6-7-12-13)19(17,18)14-8-4-3-5-9(14)11(15)16/h3-4,6-7,9H,2,5,8H2,1H3,(H,15,16). The van der Waals surface area contributed by atoms with Crippen LogP contribution in [0.1, 0.15) is 13.3 Å². The van der Waals surface area contributed by atoms with Gasteiger partial charge in [-0.1, -0.05) is 12.2 Å². The Labute approximate surface area is 111 Å². The van der Waals surface area contributed by atoms with Crippen LogP contribution in [0.3, 0.4) is 0 Å². The fourth-order valence-corrected chi connectivity index (χ4v) is 3.74. The smallest absolute Gasteiger partial charge is 0.322 e. The molecule has 1 aromatic rings. The lowest BCUT2D eigenvalue weighted by Gasteiger charge is -2.28. The van der Waals surface area contributed by atoms with Crippen molar-refractivity contribution < 1.29 is 18.3 Å². The molecule has 1 aliphatic rings. The van der Waals surface area contributed by atoms with E-state index in [1.165, 1.54) is 16.9 Å².